The highest BCUT2D eigenvalue weighted by Crippen LogP contribution is 2.45. The smallest absolute Gasteiger partial charge is 0.241 e. The third-order valence-electron chi connectivity index (χ3n) is 6.76. The van der Waals surface area contributed by atoms with Gasteiger partial charge in [0.15, 0.2) is 0 Å². The third kappa shape index (κ3) is 4.73. The summed E-state index contributed by atoms with van der Waals surface area (Å²) < 4.78 is 0. The predicted molar refractivity (Wildman–Crippen MR) is 109 cm³/mol. The quantitative estimate of drug-likeness (QED) is 0.804. The van der Waals surface area contributed by atoms with Crippen LogP contribution in [0.2, 0.25) is 0 Å². The molecule has 1 aromatic rings. The van der Waals surface area contributed by atoms with Crippen LogP contribution in [0.3, 0.4) is 0 Å². The Morgan fingerprint density at radius 2 is 1.86 bits per heavy atom. The minimum Gasteiger partial charge on any atom is -0.396 e. The van der Waals surface area contributed by atoms with Crippen LogP contribution in [0.1, 0.15) is 37.3 Å². The first kappa shape index (κ1) is 20.8. The van der Waals surface area contributed by atoms with Crippen molar-refractivity contribution in [2.75, 3.05) is 39.3 Å². The Hall–Kier alpha value is -1.92. The highest BCUT2D eigenvalue weighted by Gasteiger charge is 2.45. The van der Waals surface area contributed by atoms with Gasteiger partial charge >= 0.3 is 0 Å². The van der Waals surface area contributed by atoms with Crippen molar-refractivity contribution in [1.82, 2.24) is 15.1 Å². The molecule has 1 atom stereocenters. The molecule has 0 aliphatic carbocycles. The SMILES string of the molecule is CC(=O)NCC(=O)N1CCC2(CCN(Cc3ccccc3C)CC2)C(CO)C1. The average Bonchev–Trinajstić information content (AvgIpc) is 2.70. The number of carbonyl (C=O) groups is 2. The first-order valence-electron chi connectivity index (χ1n) is 10.3. The molecule has 1 unspecified atom stereocenters. The molecule has 6 nitrogen and oxygen atoms in total. The monoisotopic (exact) mass is 387 g/mol. The molecule has 154 valence electrons. The maximum atomic E-state index is 12.3. The van der Waals surface area contributed by atoms with Crippen molar-refractivity contribution in [3.05, 3.63) is 35.4 Å². The minimum atomic E-state index is -0.193. The highest BCUT2D eigenvalue weighted by atomic mass is 16.3. The van der Waals surface area contributed by atoms with Gasteiger partial charge < -0.3 is 15.3 Å². The number of aryl methyl sites for hydroxylation is 1. The first-order chi connectivity index (χ1) is 13.4. The Morgan fingerprint density at radius 1 is 1.18 bits per heavy atom. The molecule has 2 aliphatic rings. The van der Waals surface area contributed by atoms with Crippen molar-refractivity contribution in [2.45, 2.75) is 39.7 Å². The number of rotatable bonds is 5. The third-order valence-corrected chi connectivity index (χ3v) is 6.76. The Balaban J connectivity index is 1.56. The Bertz CT molecular complexity index is 698. The molecular weight excluding hydrogens is 354 g/mol. The van der Waals surface area contributed by atoms with Gasteiger partial charge in [-0.1, -0.05) is 24.3 Å². The van der Waals surface area contributed by atoms with Gasteiger partial charge in [0, 0.05) is 39.1 Å². The van der Waals surface area contributed by atoms with Gasteiger partial charge in [0.1, 0.15) is 0 Å². The number of aliphatic hydroxyl groups excluding tert-OH is 1. The summed E-state index contributed by atoms with van der Waals surface area (Å²) in [6.45, 7) is 8.09. The van der Waals surface area contributed by atoms with Crippen molar-refractivity contribution < 1.29 is 14.7 Å². The highest BCUT2D eigenvalue weighted by molar-refractivity contribution is 5.83. The maximum absolute atomic E-state index is 12.3. The van der Waals surface area contributed by atoms with Gasteiger partial charge in [0.2, 0.25) is 11.8 Å². The maximum Gasteiger partial charge on any atom is 0.241 e. The molecule has 1 spiro atoms. The Labute approximate surface area is 167 Å². The van der Waals surface area contributed by atoms with Crippen molar-refractivity contribution in [3.63, 3.8) is 0 Å². The van der Waals surface area contributed by atoms with Crippen molar-refractivity contribution >= 4 is 11.8 Å². The van der Waals surface area contributed by atoms with E-state index in [0.717, 1.165) is 38.9 Å². The van der Waals surface area contributed by atoms with Crippen molar-refractivity contribution in [3.8, 4) is 0 Å². The average molecular weight is 388 g/mol. The molecule has 0 aromatic heterocycles. The van der Waals surface area contributed by atoms with Crippen molar-refractivity contribution in [2.24, 2.45) is 11.3 Å². The lowest BCUT2D eigenvalue weighted by Gasteiger charge is -2.51. The summed E-state index contributed by atoms with van der Waals surface area (Å²) in [6, 6.07) is 8.55. The van der Waals surface area contributed by atoms with E-state index in [4.69, 9.17) is 0 Å². The van der Waals surface area contributed by atoms with Gasteiger partial charge in [-0.2, -0.15) is 0 Å². The van der Waals surface area contributed by atoms with E-state index in [2.05, 4.69) is 41.4 Å². The van der Waals surface area contributed by atoms with Gasteiger partial charge in [0.25, 0.3) is 0 Å². The van der Waals surface area contributed by atoms with Gasteiger partial charge in [0.05, 0.1) is 6.54 Å². The topological polar surface area (TPSA) is 72.9 Å². The molecule has 0 radical (unpaired) electrons. The molecular formula is C22H33N3O3. The Morgan fingerprint density at radius 3 is 2.50 bits per heavy atom. The summed E-state index contributed by atoms with van der Waals surface area (Å²) >= 11 is 0. The fourth-order valence-electron chi connectivity index (χ4n) is 4.75. The van der Waals surface area contributed by atoms with E-state index < -0.39 is 0 Å². The second kappa shape index (κ2) is 9.05. The zero-order valence-electron chi connectivity index (χ0n) is 17.1. The van der Waals surface area contributed by atoms with Crippen molar-refractivity contribution in [1.29, 1.82) is 0 Å². The number of likely N-dealkylation sites (tertiary alicyclic amines) is 2. The minimum absolute atomic E-state index is 0.0463. The lowest BCUT2D eigenvalue weighted by Crippen LogP contribution is -2.55. The first-order valence-corrected chi connectivity index (χ1v) is 10.3. The zero-order valence-corrected chi connectivity index (χ0v) is 17.1. The predicted octanol–water partition coefficient (Wildman–Crippen LogP) is 1.55. The number of carbonyl (C=O) groups excluding carboxylic acids is 2. The van der Waals surface area contributed by atoms with E-state index in [1.807, 2.05) is 4.90 Å². The summed E-state index contributed by atoms with van der Waals surface area (Å²) in [5.74, 6) is -0.134. The van der Waals surface area contributed by atoms with Crippen LogP contribution in [0.5, 0.6) is 0 Å². The van der Waals surface area contributed by atoms with Gasteiger partial charge in [-0.3, -0.25) is 14.5 Å². The summed E-state index contributed by atoms with van der Waals surface area (Å²) in [5, 5.41) is 12.6. The molecule has 2 amide bonds. The molecule has 2 N–H and O–H groups in total. The molecule has 2 heterocycles. The second-order valence-corrected chi connectivity index (χ2v) is 8.44. The normalized spacial score (nSPS) is 22.2. The number of nitrogens with one attached hydrogen (secondary N) is 1. The number of amides is 2. The standard InChI is InChI=1S/C22H33N3O3/c1-17-5-3-4-6-19(17)14-24-10-7-22(8-11-24)9-12-25(15-20(22)16-26)21(28)13-23-18(2)27/h3-6,20,26H,7-16H2,1-2H3,(H,23,27). The lowest BCUT2D eigenvalue weighted by molar-refractivity contribution is -0.138. The Kier molecular flexibility index (Phi) is 6.73. The van der Waals surface area contributed by atoms with Crippen LogP contribution in [0, 0.1) is 18.3 Å². The number of hydrogen-bond acceptors (Lipinski definition) is 4. The van der Waals surface area contributed by atoms with E-state index in [9.17, 15) is 14.7 Å². The molecule has 0 saturated carbocycles. The molecule has 2 saturated heterocycles. The molecule has 0 bridgehead atoms. The molecule has 1 aromatic carbocycles. The van der Waals surface area contributed by atoms with Gasteiger partial charge in [-0.25, -0.2) is 0 Å². The number of hydrogen-bond donors (Lipinski definition) is 2. The zero-order chi connectivity index (χ0) is 20.1. The van der Waals surface area contributed by atoms with E-state index in [0.29, 0.717) is 13.1 Å². The number of aliphatic hydroxyl groups is 1. The van der Waals surface area contributed by atoms with E-state index in [1.165, 1.54) is 18.1 Å². The van der Waals surface area contributed by atoms with Crippen LogP contribution in [0.15, 0.2) is 24.3 Å². The number of piperidine rings is 2. The molecule has 3 rings (SSSR count). The van der Waals surface area contributed by atoms with Crippen LogP contribution in [-0.2, 0) is 16.1 Å². The van der Waals surface area contributed by atoms with E-state index in [1.54, 1.807) is 0 Å². The van der Waals surface area contributed by atoms with Crippen LogP contribution < -0.4 is 5.32 Å². The largest absolute Gasteiger partial charge is 0.396 e. The molecule has 2 fully saturated rings. The number of benzene rings is 1. The summed E-state index contributed by atoms with van der Waals surface area (Å²) in [5.41, 5.74) is 2.85. The fraction of sp³-hybridized carbons (Fsp3) is 0.636. The summed E-state index contributed by atoms with van der Waals surface area (Å²) in [4.78, 5) is 27.7. The summed E-state index contributed by atoms with van der Waals surface area (Å²) in [6.07, 6.45) is 3.07. The van der Waals surface area contributed by atoms with Crippen LogP contribution in [0.4, 0.5) is 0 Å². The molecule has 6 heteroatoms. The lowest BCUT2D eigenvalue weighted by atomic mass is 9.64. The molecule has 2 aliphatic heterocycles. The van der Waals surface area contributed by atoms with E-state index in [-0.39, 0.29) is 36.3 Å². The number of nitrogens with zero attached hydrogens (tertiary/aromatic N) is 2. The van der Waals surface area contributed by atoms with E-state index >= 15 is 0 Å². The fourth-order valence-corrected chi connectivity index (χ4v) is 4.75. The summed E-state index contributed by atoms with van der Waals surface area (Å²) in [7, 11) is 0. The van der Waals surface area contributed by atoms with Crippen LogP contribution in [-0.4, -0.2) is 66.1 Å². The van der Waals surface area contributed by atoms with Crippen LogP contribution >= 0.6 is 0 Å². The van der Waals surface area contributed by atoms with Crippen LogP contribution in [0.25, 0.3) is 0 Å². The van der Waals surface area contributed by atoms with Gasteiger partial charge in [-0.15, -0.1) is 0 Å². The second-order valence-electron chi connectivity index (χ2n) is 8.44. The van der Waals surface area contributed by atoms with Gasteiger partial charge in [-0.05, 0) is 55.8 Å². The molecule has 28 heavy (non-hydrogen) atoms.